The summed E-state index contributed by atoms with van der Waals surface area (Å²) in [6.45, 7) is 0. The number of anilines is 1. The van der Waals surface area contributed by atoms with Crippen LogP contribution in [0.3, 0.4) is 0 Å². The fraction of sp³-hybridized carbons (Fsp3) is 0.280. The van der Waals surface area contributed by atoms with Crippen LogP contribution >= 0.6 is 0 Å². The maximum Gasteiger partial charge on any atom is 0.224 e. The number of carbonyl (C=O) groups excluding carboxylic acids is 1. The fourth-order valence-corrected chi connectivity index (χ4v) is 4.71. The van der Waals surface area contributed by atoms with Crippen molar-refractivity contribution in [3.8, 4) is 22.8 Å². The maximum atomic E-state index is 12.6. The number of aromatic amines is 2. The Kier molecular flexibility index (Phi) is 5.21. The van der Waals surface area contributed by atoms with Crippen molar-refractivity contribution in [1.29, 1.82) is 0 Å². The lowest BCUT2D eigenvalue weighted by Crippen LogP contribution is -2.18. The summed E-state index contributed by atoms with van der Waals surface area (Å²) in [5.41, 5.74) is 6.04. The number of nitrogens with zero attached hydrogens (tertiary/aromatic N) is 5. The van der Waals surface area contributed by atoms with E-state index in [1.165, 1.54) is 19.3 Å². The molecule has 0 aliphatic heterocycles. The summed E-state index contributed by atoms with van der Waals surface area (Å²) < 4.78 is 0. The Hall–Kier alpha value is -4.14. The van der Waals surface area contributed by atoms with Gasteiger partial charge < -0.3 is 10.3 Å². The summed E-state index contributed by atoms with van der Waals surface area (Å²) in [7, 11) is 0. The number of H-pyrrole nitrogens is 2. The van der Waals surface area contributed by atoms with Gasteiger partial charge in [-0.05, 0) is 43.0 Å². The van der Waals surface area contributed by atoms with Crippen molar-refractivity contribution in [2.24, 2.45) is 5.92 Å². The smallest absolute Gasteiger partial charge is 0.224 e. The first kappa shape index (κ1) is 20.5. The molecule has 1 saturated carbocycles. The second-order valence-corrected chi connectivity index (χ2v) is 8.86. The van der Waals surface area contributed by atoms with Crippen molar-refractivity contribution in [2.45, 2.75) is 38.5 Å². The summed E-state index contributed by atoms with van der Waals surface area (Å²) in [4.78, 5) is 33.7. The molecule has 0 saturated heterocycles. The molecule has 1 fully saturated rings. The van der Waals surface area contributed by atoms with E-state index in [4.69, 9.17) is 4.98 Å². The Labute approximate surface area is 195 Å². The molecule has 6 rings (SSSR count). The molecule has 5 heterocycles. The first-order valence-electron chi connectivity index (χ1n) is 11.6. The molecule has 5 aromatic heterocycles. The number of amides is 1. The molecule has 0 radical (unpaired) electrons. The molecule has 9 nitrogen and oxygen atoms in total. The van der Waals surface area contributed by atoms with E-state index in [1.807, 2.05) is 24.3 Å². The van der Waals surface area contributed by atoms with Gasteiger partial charge in [-0.15, -0.1) is 0 Å². The molecule has 3 N–H and O–H groups in total. The van der Waals surface area contributed by atoms with Gasteiger partial charge in [0.2, 0.25) is 5.91 Å². The topological polar surface area (TPSA) is 125 Å². The monoisotopic (exact) mass is 452 g/mol. The molecule has 0 atom stereocenters. The highest BCUT2D eigenvalue weighted by Gasteiger charge is 2.18. The summed E-state index contributed by atoms with van der Waals surface area (Å²) in [5.74, 6) is 1.16. The predicted molar refractivity (Wildman–Crippen MR) is 130 cm³/mol. The maximum absolute atomic E-state index is 12.6. The highest BCUT2D eigenvalue weighted by molar-refractivity contribution is 5.93. The van der Waals surface area contributed by atoms with E-state index < -0.39 is 0 Å². The van der Waals surface area contributed by atoms with Crippen molar-refractivity contribution < 1.29 is 4.79 Å². The Morgan fingerprint density at radius 1 is 1.00 bits per heavy atom. The Balaban J connectivity index is 1.27. The minimum absolute atomic E-state index is 0.0470. The van der Waals surface area contributed by atoms with Gasteiger partial charge in [0.05, 0.1) is 34.8 Å². The first-order chi connectivity index (χ1) is 16.7. The van der Waals surface area contributed by atoms with E-state index in [9.17, 15) is 4.79 Å². The van der Waals surface area contributed by atoms with Crippen molar-refractivity contribution in [1.82, 2.24) is 35.1 Å². The summed E-state index contributed by atoms with van der Waals surface area (Å²) in [6, 6.07) is 7.63. The Morgan fingerprint density at radius 3 is 2.79 bits per heavy atom. The molecule has 0 bridgehead atoms. The lowest BCUT2D eigenvalue weighted by molar-refractivity contribution is -0.117. The van der Waals surface area contributed by atoms with Crippen LogP contribution in [0.4, 0.5) is 5.69 Å². The van der Waals surface area contributed by atoms with E-state index in [0.29, 0.717) is 35.1 Å². The largest absolute Gasteiger partial charge is 0.336 e. The highest BCUT2D eigenvalue weighted by Crippen LogP contribution is 2.29. The molecule has 0 spiro atoms. The molecule has 1 aliphatic rings. The normalized spacial score (nSPS) is 14.6. The molecule has 1 amide bonds. The second-order valence-electron chi connectivity index (χ2n) is 8.86. The fourth-order valence-electron chi connectivity index (χ4n) is 4.71. The molecule has 0 aromatic carbocycles. The lowest BCUT2D eigenvalue weighted by atomic mass is 9.87. The van der Waals surface area contributed by atoms with E-state index in [0.717, 1.165) is 40.6 Å². The van der Waals surface area contributed by atoms with E-state index >= 15 is 0 Å². The van der Waals surface area contributed by atoms with Crippen molar-refractivity contribution in [2.75, 3.05) is 5.32 Å². The number of pyridine rings is 3. The number of rotatable bonds is 5. The van der Waals surface area contributed by atoms with Crippen molar-refractivity contribution in [3.63, 3.8) is 0 Å². The number of imidazole rings is 1. The molecular formula is C25H24N8O. The zero-order valence-electron chi connectivity index (χ0n) is 18.6. The van der Waals surface area contributed by atoms with Gasteiger partial charge in [0.1, 0.15) is 11.0 Å². The molecule has 34 heavy (non-hydrogen) atoms. The Morgan fingerprint density at radius 2 is 1.91 bits per heavy atom. The number of fused-ring (bicyclic) bond motifs is 2. The van der Waals surface area contributed by atoms with Crippen LogP contribution in [0.1, 0.15) is 38.5 Å². The van der Waals surface area contributed by atoms with Gasteiger partial charge in [-0.2, -0.15) is 5.10 Å². The predicted octanol–water partition coefficient (Wildman–Crippen LogP) is 4.87. The molecule has 1 aliphatic carbocycles. The zero-order valence-corrected chi connectivity index (χ0v) is 18.6. The number of carbonyl (C=O) groups is 1. The van der Waals surface area contributed by atoms with Crippen LogP contribution in [0.5, 0.6) is 0 Å². The van der Waals surface area contributed by atoms with Gasteiger partial charge in [-0.25, -0.2) is 9.97 Å². The number of nitrogens with one attached hydrogen (secondary N) is 3. The van der Waals surface area contributed by atoms with E-state index in [-0.39, 0.29) is 5.91 Å². The molecule has 0 unspecified atom stereocenters. The third-order valence-corrected chi connectivity index (χ3v) is 6.43. The minimum Gasteiger partial charge on any atom is -0.336 e. The molecule has 5 aromatic rings. The second kappa shape index (κ2) is 8.66. The zero-order chi connectivity index (χ0) is 22.9. The van der Waals surface area contributed by atoms with Gasteiger partial charge in [0.15, 0.2) is 11.5 Å². The number of hydrogen-bond donors (Lipinski definition) is 3. The van der Waals surface area contributed by atoms with Gasteiger partial charge in [-0.3, -0.25) is 19.9 Å². The van der Waals surface area contributed by atoms with Crippen LogP contribution in [-0.4, -0.2) is 41.0 Å². The third kappa shape index (κ3) is 4.00. The number of aromatic nitrogens is 7. The van der Waals surface area contributed by atoms with Crippen LogP contribution in [-0.2, 0) is 4.79 Å². The highest BCUT2D eigenvalue weighted by atomic mass is 16.1. The molecule has 170 valence electrons. The Bertz CT molecular complexity index is 1450. The quantitative estimate of drug-likeness (QED) is 0.349. The summed E-state index contributed by atoms with van der Waals surface area (Å²) >= 11 is 0. The average Bonchev–Trinajstić information content (AvgIpc) is 3.48. The van der Waals surface area contributed by atoms with Gasteiger partial charge >= 0.3 is 0 Å². The first-order valence-corrected chi connectivity index (χ1v) is 11.6. The standard InChI is InChI=1S/C25H24N8O/c34-22(10-15-4-2-1-3-5-15)28-17-11-16(12-27-13-17)18-6-7-20-23(29-18)24(33-32-20)25-30-19-8-9-26-14-21(19)31-25/h6-9,11-15H,1-5,10H2,(H,28,34)(H,30,31)(H,32,33). The third-order valence-electron chi connectivity index (χ3n) is 6.43. The van der Waals surface area contributed by atoms with Crippen LogP contribution in [0.25, 0.3) is 44.8 Å². The lowest BCUT2D eigenvalue weighted by Gasteiger charge is -2.20. The van der Waals surface area contributed by atoms with Crippen LogP contribution < -0.4 is 5.32 Å². The number of hydrogen-bond acceptors (Lipinski definition) is 6. The van der Waals surface area contributed by atoms with E-state index in [2.05, 4.69) is 35.5 Å². The van der Waals surface area contributed by atoms with Crippen molar-refractivity contribution in [3.05, 3.63) is 49.1 Å². The molecule has 9 heteroatoms. The summed E-state index contributed by atoms with van der Waals surface area (Å²) in [6.07, 6.45) is 13.4. The SMILES string of the molecule is O=C(CC1CCCCC1)Nc1cncc(-c2ccc3[nH]nc(-c4nc5cnccc5[nH]4)c3n2)c1. The summed E-state index contributed by atoms with van der Waals surface area (Å²) in [5, 5.41) is 10.5. The van der Waals surface area contributed by atoms with Gasteiger partial charge in [0, 0.05) is 24.4 Å². The van der Waals surface area contributed by atoms with Crippen LogP contribution in [0, 0.1) is 5.92 Å². The molecular weight excluding hydrogens is 428 g/mol. The van der Waals surface area contributed by atoms with Gasteiger partial charge in [-0.1, -0.05) is 19.3 Å². The average molecular weight is 453 g/mol. The van der Waals surface area contributed by atoms with E-state index in [1.54, 1.807) is 24.8 Å². The van der Waals surface area contributed by atoms with Gasteiger partial charge in [0.25, 0.3) is 0 Å². The van der Waals surface area contributed by atoms with Crippen LogP contribution in [0.15, 0.2) is 49.1 Å². The minimum atomic E-state index is 0.0470. The van der Waals surface area contributed by atoms with Crippen LogP contribution in [0.2, 0.25) is 0 Å². The van der Waals surface area contributed by atoms with Crippen molar-refractivity contribution >= 4 is 33.7 Å².